The summed E-state index contributed by atoms with van der Waals surface area (Å²) in [6.07, 6.45) is 1.02. The lowest BCUT2D eigenvalue weighted by Gasteiger charge is -2.20. The maximum atomic E-state index is 14.5. The highest BCUT2D eigenvalue weighted by Gasteiger charge is 2.22. The van der Waals surface area contributed by atoms with E-state index in [1.807, 2.05) is 25.1 Å². The van der Waals surface area contributed by atoms with Crippen LogP contribution in [0, 0.1) is 19.7 Å². The Hall–Kier alpha value is -0.710. The van der Waals surface area contributed by atoms with Crippen molar-refractivity contribution in [3.05, 3.63) is 55.4 Å². The molecular weight excluding hydrogens is 337 g/mol. The molecule has 0 saturated heterocycles. The molecule has 1 heterocycles. The Labute approximate surface area is 132 Å². The topological polar surface area (TPSA) is 12.0 Å². The second-order valence-corrected chi connectivity index (χ2v) is 7.08. The van der Waals surface area contributed by atoms with Gasteiger partial charge in [-0.1, -0.05) is 25.1 Å². The first-order valence-electron chi connectivity index (χ1n) is 6.78. The molecule has 2 rings (SSSR count). The van der Waals surface area contributed by atoms with Gasteiger partial charge in [0, 0.05) is 19.8 Å². The third-order valence-corrected chi connectivity index (χ3v) is 5.26. The predicted molar refractivity (Wildman–Crippen MR) is 88.0 cm³/mol. The zero-order chi connectivity index (χ0) is 14.7. The van der Waals surface area contributed by atoms with Crippen molar-refractivity contribution in [3.63, 3.8) is 0 Å². The first-order chi connectivity index (χ1) is 9.54. The molecule has 0 spiro atoms. The smallest absolute Gasteiger partial charge is 0.131 e. The normalized spacial score (nSPS) is 12.7. The van der Waals surface area contributed by atoms with Crippen molar-refractivity contribution >= 4 is 27.3 Å². The van der Waals surface area contributed by atoms with Gasteiger partial charge in [0.2, 0.25) is 0 Å². The van der Waals surface area contributed by atoms with Crippen molar-refractivity contribution in [2.24, 2.45) is 0 Å². The molecule has 1 atom stereocenters. The Morgan fingerprint density at radius 3 is 2.70 bits per heavy atom. The number of nitrogens with one attached hydrogen (secondary N) is 1. The minimum atomic E-state index is -0.112. The fourth-order valence-electron chi connectivity index (χ4n) is 2.22. The summed E-state index contributed by atoms with van der Waals surface area (Å²) in [7, 11) is 0. The van der Waals surface area contributed by atoms with Crippen molar-refractivity contribution in [2.75, 3.05) is 6.54 Å². The molecule has 0 aliphatic rings. The molecule has 0 fully saturated rings. The van der Waals surface area contributed by atoms with E-state index in [4.69, 9.17) is 0 Å². The van der Waals surface area contributed by atoms with Crippen molar-refractivity contribution in [3.8, 4) is 0 Å². The molecule has 108 valence electrons. The minimum Gasteiger partial charge on any atom is -0.305 e. The molecule has 1 aromatic carbocycles. The summed E-state index contributed by atoms with van der Waals surface area (Å²) in [4.78, 5) is 2.36. The van der Waals surface area contributed by atoms with E-state index in [0.29, 0.717) is 5.56 Å². The maximum absolute atomic E-state index is 14.5. The van der Waals surface area contributed by atoms with Gasteiger partial charge in [0.25, 0.3) is 0 Å². The average Bonchev–Trinajstić information content (AvgIpc) is 2.74. The fraction of sp³-hybridized carbons (Fsp3) is 0.375. The van der Waals surface area contributed by atoms with E-state index in [-0.39, 0.29) is 11.9 Å². The lowest BCUT2D eigenvalue weighted by molar-refractivity contribution is 0.545. The van der Waals surface area contributed by atoms with E-state index in [9.17, 15) is 4.39 Å². The maximum Gasteiger partial charge on any atom is 0.131 e. The van der Waals surface area contributed by atoms with Crippen LogP contribution < -0.4 is 5.32 Å². The number of rotatable bonds is 5. The van der Waals surface area contributed by atoms with Crippen LogP contribution >= 0.6 is 27.3 Å². The lowest BCUT2D eigenvalue weighted by Crippen LogP contribution is -2.23. The first-order valence-corrected chi connectivity index (χ1v) is 8.39. The van der Waals surface area contributed by atoms with Crippen molar-refractivity contribution in [1.82, 2.24) is 5.32 Å². The van der Waals surface area contributed by atoms with Gasteiger partial charge in [0.15, 0.2) is 0 Å². The van der Waals surface area contributed by atoms with Gasteiger partial charge in [-0.05, 0) is 54.4 Å². The Bertz CT molecular complexity index is 594. The highest BCUT2D eigenvalue weighted by molar-refractivity contribution is 9.10. The molecule has 0 bridgehead atoms. The van der Waals surface area contributed by atoms with Gasteiger partial charge in [-0.2, -0.15) is 0 Å². The first kappa shape index (κ1) is 15.7. The quantitative estimate of drug-likeness (QED) is 0.761. The van der Waals surface area contributed by atoms with Gasteiger partial charge in [0.1, 0.15) is 5.82 Å². The third-order valence-electron chi connectivity index (χ3n) is 3.23. The van der Waals surface area contributed by atoms with Gasteiger partial charge < -0.3 is 5.32 Å². The number of hydrogen-bond acceptors (Lipinski definition) is 2. The summed E-state index contributed by atoms with van der Waals surface area (Å²) in [5, 5.41) is 3.46. The monoisotopic (exact) mass is 355 g/mol. The lowest BCUT2D eigenvalue weighted by atomic mass is 10.0. The van der Waals surface area contributed by atoms with Crippen molar-refractivity contribution in [2.45, 2.75) is 33.2 Å². The molecular formula is C16H19BrFNS. The van der Waals surface area contributed by atoms with Crippen LogP contribution in [-0.4, -0.2) is 6.54 Å². The van der Waals surface area contributed by atoms with Crippen LogP contribution in [-0.2, 0) is 0 Å². The third kappa shape index (κ3) is 3.30. The second kappa shape index (κ2) is 6.83. The van der Waals surface area contributed by atoms with Crippen molar-refractivity contribution in [1.29, 1.82) is 0 Å². The minimum absolute atomic E-state index is 0.0945. The van der Waals surface area contributed by atoms with E-state index in [0.717, 1.165) is 27.9 Å². The van der Waals surface area contributed by atoms with E-state index in [1.54, 1.807) is 11.3 Å². The van der Waals surface area contributed by atoms with Crippen LogP contribution in [0.2, 0.25) is 0 Å². The number of benzene rings is 1. The largest absolute Gasteiger partial charge is 0.305 e. The van der Waals surface area contributed by atoms with Gasteiger partial charge in [0.05, 0.1) is 6.04 Å². The number of thiophene rings is 1. The zero-order valence-electron chi connectivity index (χ0n) is 12.0. The standard InChI is InChI=1S/C16H19BrFNS/c1-4-8-19-15(16-13(17)9-11(3)20-16)12-7-5-6-10(2)14(12)18/h5-7,9,15,19H,4,8H2,1-3H3. The van der Waals surface area contributed by atoms with Crippen molar-refractivity contribution < 1.29 is 4.39 Å². The van der Waals surface area contributed by atoms with Crippen LogP contribution in [0.3, 0.4) is 0 Å². The summed E-state index contributed by atoms with van der Waals surface area (Å²) in [6, 6.07) is 7.60. The van der Waals surface area contributed by atoms with Crippen LogP contribution in [0.15, 0.2) is 28.7 Å². The summed E-state index contributed by atoms with van der Waals surface area (Å²) < 4.78 is 15.5. The number of halogens is 2. The molecule has 0 radical (unpaired) electrons. The molecule has 0 aliphatic carbocycles. The van der Waals surface area contributed by atoms with E-state index in [1.165, 1.54) is 4.88 Å². The van der Waals surface area contributed by atoms with Gasteiger partial charge in [-0.3, -0.25) is 0 Å². The Morgan fingerprint density at radius 2 is 2.10 bits per heavy atom. The van der Waals surface area contributed by atoms with Gasteiger partial charge in [-0.25, -0.2) is 4.39 Å². The van der Waals surface area contributed by atoms with Crippen LogP contribution in [0.1, 0.15) is 40.3 Å². The molecule has 1 aromatic heterocycles. The molecule has 0 saturated carbocycles. The Kier molecular flexibility index (Phi) is 5.35. The fourth-order valence-corrected chi connectivity index (χ4v) is 4.20. The summed E-state index contributed by atoms with van der Waals surface area (Å²) >= 11 is 5.30. The van der Waals surface area contributed by atoms with Gasteiger partial charge >= 0.3 is 0 Å². The van der Waals surface area contributed by atoms with E-state index >= 15 is 0 Å². The van der Waals surface area contributed by atoms with Crippen LogP contribution in [0.5, 0.6) is 0 Å². The number of aryl methyl sites for hydroxylation is 2. The molecule has 1 unspecified atom stereocenters. The molecule has 1 nitrogen and oxygen atoms in total. The average molecular weight is 356 g/mol. The number of hydrogen-bond donors (Lipinski definition) is 1. The molecule has 20 heavy (non-hydrogen) atoms. The zero-order valence-corrected chi connectivity index (χ0v) is 14.4. The summed E-state index contributed by atoms with van der Waals surface area (Å²) in [5.74, 6) is -0.112. The van der Waals surface area contributed by atoms with Crippen LogP contribution in [0.4, 0.5) is 4.39 Å². The molecule has 1 N–H and O–H groups in total. The molecule has 4 heteroatoms. The SMILES string of the molecule is CCCNC(c1cccc(C)c1F)c1sc(C)cc1Br. The highest BCUT2D eigenvalue weighted by atomic mass is 79.9. The van der Waals surface area contributed by atoms with E-state index in [2.05, 4.69) is 41.2 Å². The predicted octanol–water partition coefficient (Wildman–Crippen LogP) is 5.36. The van der Waals surface area contributed by atoms with Gasteiger partial charge in [-0.15, -0.1) is 11.3 Å². The Balaban J connectivity index is 2.47. The van der Waals surface area contributed by atoms with Crippen LogP contribution in [0.25, 0.3) is 0 Å². The molecule has 0 amide bonds. The summed E-state index contributed by atoms with van der Waals surface area (Å²) in [5.41, 5.74) is 1.41. The second-order valence-electron chi connectivity index (χ2n) is 4.93. The highest BCUT2D eigenvalue weighted by Crippen LogP contribution is 2.36. The summed E-state index contributed by atoms with van der Waals surface area (Å²) in [6.45, 7) is 6.86. The van der Waals surface area contributed by atoms with E-state index < -0.39 is 0 Å². The molecule has 0 aliphatic heterocycles. The Morgan fingerprint density at radius 1 is 1.35 bits per heavy atom. The molecule has 2 aromatic rings.